The maximum atomic E-state index is 3.93. The molecular weight excluding hydrogens is 182 g/mol. The number of anilines is 1. The Kier molecular flexibility index (Phi) is 2.42. The van der Waals surface area contributed by atoms with Gasteiger partial charge in [0.25, 0.3) is 5.95 Å². The van der Waals surface area contributed by atoms with E-state index in [9.17, 15) is 0 Å². The summed E-state index contributed by atoms with van der Waals surface area (Å²) in [4.78, 5) is 3.93. The fraction of sp³-hybridized carbons (Fsp3) is 0. The molecule has 0 aliphatic rings. The Labute approximate surface area is 79.3 Å². The van der Waals surface area contributed by atoms with Gasteiger partial charge in [-0.2, -0.15) is 10.3 Å². The molecule has 2 aromatic rings. The van der Waals surface area contributed by atoms with Crippen molar-refractivity contribution >= 4 is 12.2 Å². The first-order valence-electron chi connectivity index (χ1n) is 3.88. The van der Waals surface area contributed by atoms with Gasteiger partial charge in [-0.3, -0.25) is 4.98 Å². The van der Waals surface area contributed by atoms with E-state index in [1.54, 1.807) is 18.6 Å². The highest BCUT2D eigenvalue weighted by molar-refractivity contribution is 5.79. The Hall–Kier alpha value is -2.31. The van der Waals surface area contributed by atoms with E-state index in [-0.39, 0.29) is 0 Å². The monoisotopic (exact) mass is 189 g/mol. The molecule has 0 aliphatic heterocycles. The number of nitrogens with one attached hydrogen (secondary N) is 2. The lowest BCUT2D eigenvalue weighted by Gasteiger charge is -1.90. The third-order valence-corrected chi connectivity index (χ3v) is 1.41. The summed E-state index contributed by atoms with van der Waals surface area (Å²) in [5.74, 6) is 0.324. The molecule has 14 heavy (non-hydrogen) atoms. The molecule has 0 aliphatic carbocycles. The number of H-pyrrole nitrogens is 1. The minimum absolute atomic E-state index is 0.324. The number of pyridine rings is 1. The van der Waals surface area contributed by atoms with Crippen LogP contribution >= 0.6 is 0 Å². The second kappa shape index (κ2) is 4.08. The Bertz CT molecular complexity index is 393. The molecule has 0 aromatic carbocycles. The maximum Gasteiger partial charge on any atom is 0.283 e. The molecule has 70 valence electrons. The normalized spacial score (nSPS) is 10.6. The highest BCUT2D eigenvalue weighted by atomic mass is 15.5. The lowest BCUT2D eigenvalue weighted by Crippen LogP contribution is -1.92. The molecule has 7 heteroatoms. The van der Waals surface area contributed by atoms with E-state index in [0.29, 0.717) is 5.95 Å². The van der Waals surface area contributed by atoms with E-state index in [4.69, 9.17) is 0 Å². The lowest BCUT2D eigenvalue weighted by atomic mass is 10.3. The van der Waals surface area contributed by atoms with Gasteiger partial charge in [-0.15, -0.1) is 5.10 Å². The zero-order valence-electron chi connectivity index (χ0n) is 7.12. The van der Waals surface area contributed by atoms with Crippen LogP contribution < -0.4 is 5.43 Å². The zero-order valence-corrected chi connectivity index (χ0v) is 7.12. The minimum atomic E-state index is 0.324. The standard InChI is InChI=1S/C7H7N7/c1-2-6(4-8-3-1)5-9-10-7-11-13-14-12-7/h1-5H,(H2,10,11,12,13,14)/b9-5+. The van der Waals surface area contributed by atoms with Gasteiger partial charge in [-0.25, -0.2) is 5.43 Å². The van der Waals surface area contributed by atoms with Crippen molar-refractivity contribution in [3.63, 3.8) is 0 Å². The number of nitrogens with zero attached hydrogens (tertiary/aromatic N) is 5. The van der Waals surface area contributed by atoms with Crippen molar-refractivity contribution in [3.8, 4) is 0 Å². The van der Waals surface area contributed by atoms with E-state index < -0.39 is 0 Å². The maximum absolute atomic E-state index is 3.93. The summed E-state index contributed by atoms with van der Waals surface area (Å²) in [5.41, 5.74) is 3.49. The Balaban J connectivity index is 1.96. The van der Waals surface area contributed by atoms with Crippen molar-refractivity contribution in [1.82, 2.24) is 25.6 Å². The molecular formula is C7H7N7. The van der Waals surface area contributed by atoms with Crippen LogP contribution in [0.4, 0.5) is 5.95 Å². The first kappa shape index (κ1) is 8.30. The number of hydrogen-bond donors (Lipinski definition) is 2. The van der Waals surface area contributed by atoms with Gasteiger partial charge in [0.15, 0.2) is 0 Å². The summed E-state index contributed by atoms with van der Waals surface area (Å²) in [6, 6.07) is 3.71. The summed E-state index contributed by atoms with van der Waals surface area (Å²) >= 11 is 0. The van der Waals surface area contributed by atoms with E-state index in [1.165, 1.54) is 0 Å². The molecule has 0 fully saturated rings. The molecule has 2 heterocycles. The molecule has 0 unspecified atom stereocenters. The van der Waals surface area contributed by atoms with Crippen molar-refractivity contribution in [2.75, 3.05) is 5.43 Å². The summed E-state index contributed by atoms with van der Waals surface area (Å²) in [6.45, 7) is 0. The average molecular weight is 189 g/mol. The number of hydrogen-bond acceptors (Lipinski definition) is 6. The summed E-state index contributed by atoms with van der Waals surface area (Å²) in [6.07, 6.45) is 5.01. The van der Waals surface area contributed by atoms with E-state index >= 15 is 0 Å². The Morgan fingerprint density at radius 1 is 1.50 bits per heavy atom. The smallest absolute Gasteiger partial charge is 0.264 e. The molecule has 2 rings (SSSR count). The fourth-order valence-electron chi connectivity index (χ4n) is 0.826. The first-order chi connectivity index (χ1) is 6.95. The lowest BCUT2D eigenvalue weighted by molar-refractivity contribution is 0.881. The summed E-state index contributed by atoms with van der Waals surface area (Å²) in [5, 5.41) is 16.9. The van der Waals surface area contributed by atoms with Gasteiger partial charge >= 0.3 is 0 Å². The topological polar surface area (TPSA) is 91.7 Å². The Morgan fingerprint density at radius 2 is 2.50 bits per heavy atom. The van der Waals surface area contributed by atoms with E-state index in [1.807, 2.05) is 12.1 Å². The number of tetrazole rings is 1. The van der Waals surface area contributed by atoms with Crippen LogP contribution in [0, 0.1) is 0 Å². The minimum Gasteiger partial charge on any atom is -0.264 e. The molecule has 0 atom stereocenters. The SMILES string of the molecule is C(=N\Nc1nn[nH]n1)/c1cccnc1. The number of aromatic nitrogens is 5. The Morgan fingerprint density at radius 3 is 3.21 bits per heavy atom. The predicted octanol–water partition coefficient (Wildman–Crippen LogP) is 0.0407. The third-order valence-electron chi connectivity index (χ3n) is 1.41. The van der Waals surface area contributed by atoms with Crippen molar-refractivity contribution in [1.29, 1.82) is 0 Å². The van der Waals surface area contributed by atoms with Crippen LogP contribution in [0.1, 0.15) is 5.56 Å². The van der Waals surface area contributed by atoms with Gasteiger partial charge in [0, 0.05) is 18.0 Å². The molecule has 7 nitrogen and oxygen atoms in total. The average Bonchev–Trinajstić information content (AvgIpc) is 2.72. The first-order valence-corrected chi connectivity index (χ1v) is 3.88. The van der Waals surface area contributed by atoms with Crippen LogP contribution in [0.5, 0.6) is 0 Å². The second-order valence-corrected chi connectivity index (χ2v) is 2.39. The fourth-order valence-corrected chi connectivity index (χ4v) is 0.826. The van der Waals surface area contributed by atoms with Crippen LogP contribution in [-0.2, 0) is 0 Å². The van der Waals surface area contributed by atoms with Gasteiger partial charge in [0.2, 0.25) is 0 Å². The van der Waals surface area contributed by atoms with Crippen LogP contribution in [0.2, 0.25) is 0 Å². The highest BCUT2D eigenvalue weighted by Crippen LogP contribution is 1.92. The van der Waals surface area contributed by atoms with E-state index in [0.717, 1.165) is 5.56 Å². The quantitative estimate of drug-likeness (QED) is 0.525. The summed E-state index contributed by atoms with van der Waals surface area (Å²) in [7, 11) is 0. The van der Waals surface area contributed by atoms with Crippen LogP contribution in [0.15, 0.2) is 29.6 Å². The highest BCUT2D eigenvalue weighted by Gasteiger charge is 1.91. The molecule has 0 saturated heterocycles. The molecule has 2 N–H and O–H groups in total. The van der Waals surface area contributed by atoms with Crippen LogP contribution in [0.3, 0.4) is 0 Å². The number of hydrazone groups is 1. The third kappa shape index (κ3) is 2.09. The number of rotatable bonds is 3. The van der Waals surface area contributed by atoms with Crippen LogP contribution in [-0.4, -0.2) is 31.8 Å². The van der Waals surface area contributed by atoms with Crippen molar-refractivity contribution in [3.05, 3.63) is 30.1 Å². The van der Waals surface area contributed by atoms with Gasteiger partial charge in [0.1, 0.15) is 0 Å². The molecule has 0 saturated carbocycles. The molecule has 0 radical (unpaired) electrons. The predicted molar refractivity (Wildman–Crippen MR) is 49.6 cm³/mol. The van der Waals surface area contributed by atoms with Crippen molar-refractivity contribution < 1.29 is 0 Å². The van der Waals surface area contributed by atoms with Crippen molar-refractivity contribution in [2.24, 2.45) is 5.10 Å². The van der Waals surface area contributed by atoms with Gasteiger partial charge in [-0.1, -0.05) is 11.2 Å². The van der Waals surface area contributed by atoms with Gasteiger partial charge < -0.3 is 0 Å². The van der Waals surface area contributed by atoms with E-state index in [2.05, 4.69) is 36.1 Å². The molecule has 0 spiro atoms. The summed E-state index contributed by atoms with van der Waals surface area (Å²) < 4.78 is 0. The molecule has 0 amide bonds. The van der Waals surface area contributed by atoms with Gasteiger partial charge in [-0.05, 0) is 11.3 Å². The molecule has 2 aromatic heterocycles. The largest absolute Gasteiger partial charge is 0.283 e. The van der Waals surface area contributed by atoms with Crippen LogP contribution in [0.25, 0.3) is 0 Å². The molecule has 0 bridgehead atoms. The zero-order chi connectivity index (χ0) is 9.64. The van der Waals surface area contributed by atoms with Gasteiger partial charge in [0.05, 0.1) is 6.21 Å². The number of aromatic amines is 1. The van der Waals surface area contributed by atoms with Crippen molar-refractivity contribution in [2.45, 2.75) is 0 Å². The second-order valence-electron chi connectivity index (χ2n) is 2.39.